The summed E-state index contributed by atoms with van der Waals surface area (Å²) in [6.45, 7) is 0. The van der Waals surface area contributed by atoms with Gasteiger partial charge in [0, 0.05) is 5.75 Å². The molecule has 2 N–H and O–H groups in total. The number of nitrogens with two attached hydrogens (primary N) is 1. The molecule has 43 valence electrons. The lowest BCUT2D eigenvalue weighted by molar-refractivity contribution is -0.105. The molecule has 0 saturated carbocycles. The molecular weight excluding hydrogens is 110 g/mol. The van der Waals surface area contributed by atoms with Crippen LogP contribution in [0.1, 0.15) is 0 Å². The van der Waals surface area contributed by atoms with Crippen molar-refractivity contribution in [1.82, 2.24) is 0 Å². The lowest BCUT2D eigenvalue weighted by Gasteiger charge is -2.20. The van der Waals surface area contributed by atoms with Crippen LogP contribution >= 0.6 is 10.2 Å². The number of carbonyl (C=O) groups excluding carboxylic acids is 1. The highest BCUT2D eigenvalue weighted by atomic mass is 32.3. The average molecular weight is 120 g/mol. The van der Waals surface area contributed by atoms with Crippen LogP contribution in [-0.2, 0) is 4.79 Å². The van der Waals surface area contributed by atoms with Crippen molar-refractivity contribution < 1.29 is 4.79 Å². The molecule has 7 heavy (non-hydrogen) atoms. The van der Waals surface area contributed by atoms with Gasteiger partial charge in [0.15, 0.2) is 0 Å². The van der Waals surface area contributed by atoms with Crippen molar-refractivity contribution in [3.8, 4) is 0 Å². The Hall–Kier alpha value is -0.0200. The number of carbonyl (C=O) groups is 1. The summed E-state index contributed by atoms with van der Waals surface area (Å²) in [4.78, 5) is 9.72. The van der Waals surface area contributed by atoms with E-state index in [1.807, 2.05) is 0 Å². The van der Waals surface area contributed by atoms with Crippen LogP contribution in [0, 0.1) is 6.26 Å². The van der Waals surface area contributed by atoms with E-state index in [0.29, 0.717) is 5.75 Å². The molecule has 0 aliphatic carbocycles. The number of rotatable bonds is 2. The minimum atomic E-state index is -1.29. The molecular formula is C4H10NOS. The summed E-state index contributed by atoms with van der Waals surface area (Å²) >= 11 is 0. The molecule has 2 nitrogen and oxygen atoms in total. The second-order valence-electron chi connectivity index (χ2n) is 1.68. The van der Waals surface area contributed by atoms with Gasteiger partial charge in [0.05, 0.1) is 0 Å². The summed E-state index contributed by atoms with van der Waals surface area (Å²) in [5.74, 6) is 0.410. The van der Waals surface area contributed by atoms with E-state index in [-0.39, 0.29) is 0 Å². The van der Waals surface area contributed by atoms with E-state index in [0.717, 1.165) is 6.29 Å². The van der Waals surface area contributed by atoms with E-state index < -0.39 is 10.2 Å². The van der Waals surface area contributed by atoms with E-state index in [1.54, 1.807) is 6.26 Å². The van der Waals surface area contributed by atoms with E-state index in [2.05, 4.69) is 6.26 Å². The van der Waals surface area contributed by atoms with Gasteiger partial charge in [-0.05, 0) is 12.5 Å². The first-order chi connectivity index (χ1) is 3.06. The zero-order valence-corrected chi connectivity index (χ0v) is 5.20. The van der Waals surface area contributed by atoms with Gasteiger partial charge in [-0.2, -0.15) is 10.2 Å². The molecule has 3 heteroatoms. The SMILES string of the molecule is [CH2]S(C)(N)CC=O. The topological polar surface area (TPSA) is 43.1 Å². The molecule has 0 bridgehead atoms. The van der Waals surface area contributed by atoms with Crippen LogP contribution in [0.15, 0.2) is 0 Å². The standard InChI is InChI=1S/C4H10NOS/c1-7(2,5)4-3-6/h3H,1,4-5H2,2H3. The number of hydrogen-bond acceptors (Lipinski definition) is 2. The Morgan fingerprint density at radius 1 is 2.00 bits per heavy atom. The highest BCUT2D eigenvalue weighted by Crippen LogP contribution is 2.29. The van der Waals surface area contributed by atoms with Crippen molar-refractivity contribution in [2.24, 2.45) is 5.14 Å². The Bertz CT molecular complexity index is 66.6. The van der Waals surface area contributed by atoms with Gasteiger partial charge >= 0.3 is 0 Å². The van der Waals surface area contributed by atoms with Gasteiger partial charge in [-0.1, -0.05) is 0 Å². The van der Waals surface area contributed by atoms with Crippen molar-refractivity contribution >= 4 is 16.5 Å². The lowest BCUT2D eigenvalue weighted by Crippen LogP contribution is -2.09. The summed E-state index contributed by atoms with van der Waals surface area (Å²) in [7, 11) is -1.29. The Morgan fingerprint density at radius 2 is 2.43 bits per heavy atom. The molecule has 0 aliphatic heterocycles. The van der Waals surface area contributed by atoms with Crippen molar-refractivity contribution in [1.29, 1.82) is 0 Å². The smallest absolute Gasteiger partial charge is 0.129 e. The van der Waals surface area contributed by atoms with Crippen molar-refractivity contribution in [2.75, 3.05) is 12.0 Å². The summed E-state index contributed by atoms with van der Waals surface area (Å²) in [5, 5.41) is 5.39. The first-order valence-corrected chi connectivity index (χ1v) is 4.31. The normalized spacial score (nSPS) is 13.6. The molecule has 0 fully saturated rings. The molecule has 0 aromatic heterocycles. The van der Waals surface area contributed by atoms with Gasteiger partial charge < -0.3 is 4.79 Å². The van der Waals surface area contributed by atoms with Crippen LogP contribution in [0.5, 0.6) is 0 Å². The van der Waals surface area contributed by atoms with Crippen LogP contribution in [-0.4, -0.2) is 18.3 Å². The lowest BCUT2D eigenvalue weighted by atomic mass is 10.9. The number of aldehydes is 1. The van der Waals surface area contributed by atoms with Gasteiger partial charge in [-0.3, -0.25) is 5.14 Å². The predicted octanol–water partition coefficient (Wildman–Crippen LogP) is 0.285. The zero-order valence-electron chi connectivity index (χ0n) is 4.39. The predicted molar refractivity (Wildman–Crippen MR) is 34.0 cm³/mol. The van der Waals surface area contributed by atoms with E-state index in [4.69, 9.17) is 5.14 Å². The van der Waals surface area contributed by atoms with Gasteiger partial charge in [0.25, 0.3) is 0 Å². The zero-order chi connectivity index (χ0) is 5.91. The molecule has 0 amide bonds. The molecule has 1 atom stereocenters. The minimum Gasteiger partial charge on any atom is -0.302 e. The van der Waals surface area contributed by atoms with Crippen LogP contribution in [0.2, 0.25) is 0 Å². The average Bonchev–Trinajstić information content (AvgIpc) is 1.30. The fourth-order valence-corrected chi connectivity index (χ4v) is 0.466. The summed E-state index contributed by atoms with van der Waals surface area (Å²) < 4.78 is 0. The Kier molecular flexibility index (Phi) is 2.32. The second kappa shape index (κ2) is 2.33. The third-order valence-electron chi connectivity index (χ3n) is 0.449. The maximum atomic E-state index is 9.72. The fraction of sp³-hybridized carbons (Fsp3) is 0.500. The third-order valence-corrected chi connectivity index (χ3v) is 1.35. The van der Waals surface area contributed by atoms with Gasteiger partial charge in [-0.25, -0.2) is 0 Å². The second-order valence-corrected chi connectivity index (χ2v) is 4.72. The Balaban J connectivity index is 3.34. The van der Waals surface area contributed by atoms with Crippen LogP contribution in [0.3, 0.4) is 0 Å². The maximum absolute atomic E-state index is 9.72. The quantitative estimate of drug-likeness (QED) is 0.532. The molecule has 1 unspecified atom stereocenters. The van der Waals surface area contributed by atoms with Crippen LogP contribution in [0.25, 0.3) is 0 Å². The third kappa shape index (κ3) is 5.98. The molecule has 0 aromatic carbocycles. The first kappa shape index (κ1) is 6.98. The molecule has 0 rings (SSSR count). The van der Waals surface area contributed by atoms with Crippen molar-refractivity contribution in [2.45, 2.75) is 0 Å². The highest BCUT2D eigenvalue weighted by Gasteiger charge is 2.00. The van der Waals surface area contributed by atoms with Crippen LogP contribution in [0.4, 0.5) is 0 Å². The van der Waals surface area contributed by atoms with Gasteiger partial charge in [-0.15, -0.1) is 0 Å². The molecule has 0 heterocycles. The molecule has 0 saturated heterocycles. The molecule has 0 aliphatic rings. The first-order valence-electron chi connectivity index (χ1n) is 1.87. The van der Waals surface area contributed by atoms with Crippen molar-refractivity contribution in [3.05, 3.63) is 6.26 Å². The Morgan fingerprint density at radius 3 is 2.43 bits per heavy atom. The molecule has 0 aromatic rings. The Labute approximate surface area is 45.5 Å². The minimum absolute atomic E-state index is 0.410. The van der Waals surface area contributed by atoms with Gasteiger partial charge in [0.1, 0.15) is 6.29 Å². The van der Waals surface area contributed by atoms with Gasteiger partial charge in [0.2, 0.25) is 0 Å². The highest BCUT2D eigenvalue weighted by molar-refractivity contribution is 8.32. The fourth-order valence-electron chi connectivity index (χ4n) is 0.155. The summed E-state index contributed by atoms with van der Waals surface area (Å²) in [6.07, 6.45) is 6.19. The summed E-state index contributed by atoms with van der Waals surface area (Å²) in [5.41, 5.74) is 0. The van der Waals surface area contributed by atoms with Crippen molar-refractivity contribution in [3.63, 3.8) is 0 Å². The number of hydrogen-bond donors (Lipinski definition) is 1. The monoisotopic (exact) mass is 120 g/mol. The van der Waals surface area contributed by atoms with Crippen LogP contribution < -0.4 is 5.14 Å². The molecule has 0 spiro atoms. The largest absolute Gasteiger partial charge is 0.302 e. The summed E-state index contributed by atoms with van der Waals surface area (Å²) in [6, 6.07) is 0. The van der Waals surface area contributed by atoms with E-state index >= 15 is 0 Å². The maximum Gasteiger partial charge on any atom is 0.129 e. The van der Waals surface area contributed by atoms with E-state index in [9.17, 15) is 4.79 Å². The van der Waals surface area contributed by atoms with E-state index in [1.165, 1.54) is 0 Å². The molecule has 1 radical (unpaired) electrons.